The number of anilines is 1. The van der Waals surface area contributed by atoms with Crippen LogP contribution in [0.5, 0.6) is 11.5 Å². The highest BCUT2D eigenvalue weighted by atomic mass is 16.6. The minimum Gasteiger partial charge on any atom is -0.497 e. The van der Waals surface area contributed by atoms with Crippen LogP contribution in [0.1, 0.15) is 29.1 Å². The fourth-order valence-corrected chi connectivity index (χ4v) is 3.25. The van der Waals surface area contributed by atoms with Crippen molar-refractivity contribution in [3.05, 3.63) is 53.9 Å². The first-order chi connectivity index (χ1) is 15.5. The molecule has 1 saturated heterocycles. The Balaban J connectivity index is 1.45. The highest BCUT2D eigenvalue weighted by molar-refractivity contribution is 6.20. The van der Waals surface area contributed by atoms with Crippen LogP contribution >= 0.6 is 0 Å². The summed E-state index contributed by atoms with van der Waals surface area (Å²) in [6.07, 6.45) is 0.317. The molecule has 2 aromatic carbocycles. The maximum atomic E-state index is 12.5. The van der Waals surface area contributed by atoms with Gasteiger partial charge in [-0.25, -0.2) is 4.79 Å². The Morgan fingerprint density at radius 2 is 1.84 bits per heavy atom. The van der Waals surface area contributed by atoms with Crippen LogP contribution in [0.4, 0.5) is 5.69 Å². The van der Waals surface area contributed by atoms with Gasteiger partial charge < -0.3 is 18.7 Å². The number of esters is 1. The van der Waals surface area contributed by atoms with E-state index in [-0.39, 0.29) is 48.5 Å². The molecule has 0 saturated carbocycles. The molecule has 0 radical (unpaired) electrons. The van der Waals surface area contributed by atoms with Crippen LogP contribution in [0, 0.1) is 0 Å². The largest absolute Gasteiger partial charge is 0.497 e. The molecule has 1 aromatic heterocycles. The van der Waals surface area contributed by atoms with E-state index < -0.39 is 5.97 Å². The van der Waals surface area contributed by atoms with Gasteiger partial charge in [-0.3, -0.25) is 14.5 Å². The second-order valence-electron chi connectivity index (χ2n) is 6.83. The maximum absolute atomic E-state index is 12.5. The molecule has 0 aliphatic carbocycles. The third kappa shape index (κ3) is 4.15. The number of carbonyl (C=O) groups excluding carboxylic acids is 3. The summed E-state index contributed by atoms with van der Waals surface area (Å²) < 4.78 is 20.9. The standard InChI is InChI=1S/C22H19N3O7/c1-29-15-6-7-16(17(11-15)30-2)21-23-18(32-24-21)12-31-22(28)13-4-3-5-14(10-13)25-19(26)8-9-20(25)27/h3-7,10-11H,8-9,12H2,1-2H3. The number of rotatable bonds is 7. The smallest absolute Gasteiger partial charge is 0.338 e. The zero-order valence-corrected chi connectivity index (χ0v) is 17.4. The van der Waals surface area contributed by atoms with Gasteiger partial charge in [-0.15, -0.1) is 0 Å². The van der Waals surface area contributed by atoms with Gasteiger partial charge in [0.25, 0.3) is 5.89 Å². The summed E-state index contributed by atoms with van der Waals surface area (Å²) in [7, 11) is 3.06. The molecule has 0 atom stereocenters. The van der Waals surface area contributed by atoms with Gasteiger partial charge in [0, 0.05) is 18.9 Å². The molecule has 164 valence electrons. The minimum atomic E-state index is -0.660. The van der Waals surface area contributed by atoms with Gasteiger partial charge in [0.2, 0.25) is 17.6 Å². The molecule has 1 aliphatic heterocycles. The zero-order chi connectivity index (χ0) is 22.7. The fourth-order valence-electron chi connectivity index (χ4n) is 3.25. The zero-order valence-electron chi connectivity index (χ0n) is 17.4. The molecule has 0 unspecified atom stereocenters. The second-order valence-corrected chi connectivity index (χ2v) is 6.83. The van der Waals surface area contributed by atoms with Crippen molar-refractivity contribution >= 4 is 23.5 Å². The minimum absolute atomic E-state index is 0.0901. The highest BCUT2D eigenvalue weighted by Crippen LogP contribution is 2.31. The van der Waals surface area contributed by atoms with Gasteiger partial charge in [0.1, 0.15) is 11.5 Å². The number of hydrogen-bond donors (Lipinski definition) is 0. The van der Waals surface area contributed by atoms with E-state index in [1.165, 1.54) is 19.2 Å². The van der Waals surface area contributed by atoms with Crippen molar-refractivity contribution in [1.82, 2.24) is 10.1 Å². The Labute approximate surface area is 182 Å². The Bertz CT molecular complexity index is 1170. The lowest BCUT2D eigenvalue weighted by molar-refractivity contribution is -0.121. The first-order valence-electron chi connectivity index (χ1n) is 9.68. The van der Waals surface area contributed by atoms with Crippen molar-refractivity contribution in [2.45, 2.75) is 19.4 Å². The number of amides is 2. The third-order valence-corrected chi connectivity index (χ3v) is 4.84. The Morgan fingerprint density at radius 3 is 2.56 bits per heavy atom. The first-order valence-corrected chi connectivity index (χ1v) is 9.68. The molecule has 1 aliphatic rings. The molecule has 0 bridgehead atoms. The molecule has 0 N–H and O–H groups in total. The number of carbonyl (C=O) groups is 3. The van der Waals surface area contributed by atoms with E-state index in [0.29, 0.717) is 22.7 Å². The van der Waals surface area contributed by atoms with Crippen molar-refractivity contribution in [3.63, 3.8) is 0 Å². The van der Waals surface area contributed by atoms with Crippen molar-refractivity contribution in [1.29, 1.82) is 0 Å². The normalized spacial score (nSPS) is 13.4. The molecule has 10 nitrogen and oxygen atoms in total. The summed E-state index contributed by atoms with van der Waals surface area (Å²) in [6, 6.07) is 11.3. The molecule has 2 amide bonds. The lowest BCUT2D eigenvalue weighted by Gasteiger charge is -2.14. The van der Waals surface area contributed by atoms with Gasteiger partial charge in [-0.1, -0.05) is 11.2 Å². The van der Waals surface area contributed by atoms with Gasteiger partial charge in [-0.2, -0.15) is 4.98 Å². The molecule has 4 rings (SSSR count). The Morgan fingerprint density at radius 1 is 1.06 bits per heavy atom. The fraction of sp³-hybridized carbons (Fsp3) is 0.227. The van der Waals surface area contributed by atoms with E-state index >= 15 is 0 Å². The first kappa shape index (κ1) is 21.0. The number of methoxy groups -OCH3 is 2. The number of ether oxygens (including phenoxy) is 3. The van der Waals surface area contributed by atoms with Crippen molar-refractivity contribution in [3.8, 4) is 22.9 Å². The van der Waals surface area contributed by atoms with Crippen LogP contribution in [-0.2, 0) is 20.9 Å². The van der Waals surface area contributed by atoms with E-state index in [4.69, 9.17) is 18.7 Å². The summed E-state index contributed by atoms with van der Waals surface area (Å²) in [4.78, 5) is 41.6. The van der Waals surface area contributed by atoms with Gasteiger partial charge in [0.15, 0.2) is 6.61 Å². The summed E-state index contributed by atoms with van der Waals surface area (Å²) in [5.41, 5.74) is 1.10. The average molecular weight is 437 g/mol. The third-order valence-electron chi connectivity index (χ3n) is 4.84. The van der Waals surface area contributed by atoms with E-state index in [2.05, 4.69) is 10.1 Å². The van der Waals surface area contributed by atoms with E-state index in [0.717, 1.165) is 4.90 Å². The lowest BCUT2D eigenvalue weighted by Crippen LogP contribution is -2.28. The summed E-state index contributed by atoms with van der Waals surface area (Å²) >= 11 is 0. The van der Waals surface area contributed by atoms with Gasteiger partial charge in [0.05, 0.1) is 31.0 Å². The predicted octanol–water partition coefficient (Wildman–Crippen LogP) is 2.76. The van der Waals surface area contributed by atoms with Crippen molar-refractivity contribution in [2.75, 3.05) is 19.1 Å². The Kier molecular flexibility index (Phi) is 5.84. The number of hydrogen-bond acceptors (Lipinski definition) is 9. The van der Waals surface area contributed by atoms with Crippen LogP contribution < -0.4 is 14.4 Å². The monoisotopic (exact) mass is 437 g/mol. The van der Waals surface area contributed by atoms with E-state index in [1.54, 1.807) is 37.4 Å². The van der Waals surface area contributed by atoms with E-state index in [9.17, 15) is 14.4 Å². The van der Waals surface area contributed by atoms with Gasteiger partial charge >= 0.3 is 5.97 Å². The summed E-state index contributed by atoms with van der Waals surface area (Å²) in [5.74, 6) is 0.212. The van der Waals surface area contributed by atoms with Crippen LogP contribution in [0.15, 0.2) is 47.0 Å². The number of aromatic nitrogens is 2. The molecule has 1 fully saturated rings. The lowest BCUT2D eigenvalue weighted by atomic mass is 10.2. The predicted molar refractivity (Wildman–Crippen MR) is 110 cm³/mol. The highest BCUT2D eigenvalue weighted by Gasteiger charge is 2.30. The molecule has 0 spiro atoms. The summed E-state index contributed by atoms with van der Waals surface area (Å²) in [5, 5.41) is 3.90. The number of nitrogens with zero attached hydrogens (tertiary/aromatic N) is 3. The van der Waals surface area contributed by atoms with Crippen LogP contribution in [-0.4, -0.2) is 42.1 Å². The average Bonchev–Trinajstić information content (AvgIpc) is 3.43. The SMILES string of the molecule is COc1ccc(-c2noc(COC(=O)c3cccc(N4C(=O)CCC4=O)c3)n2)c(OC)c1. The molecule has 2 heterocycles. The van der Waals surface area contributed by atoms with E-state index in [1.807, 2.05) is 0 Å². The van der Waals surface area contributed by atoms with Crippen LogP contribution in [0.25, 0.3) is 11.4 Å². The molecular weight excluding hydrogens is 418 g/mol. The quantitative estimate of drug-likeness (QED) is 0.406. The van der Waals surface area contributed by atoms with Crippen molar-refractivity contribution in [2.24, 2.45) is 0 Å². The van der Waals surface area contributed by atoms with Crippen LogP contribution in [0.3, 0.4) is 0 Å². The number of imide groups is 1. The molecule has 3 aromatic rings. The molecule has 32 heavy (non-hydrogen) atoms. The molecular formula is C22H19N3O7. The number of benzene rings is 2. The van der Waals surface area contributed by atoms with Gasteiger partial charge in [-0.05, 0) is 30.3 Å². The van der Waals surface area contributed by atoms with Crippen molar-refractivity contribution < 1.29 is 33.1 Å². The summed E-state index contributed by atoms with van der Waals surface area (Å²) in [6.45, 7) is -0.254. The second kappa shape index (κ2) is 8.88. The van der Waals surface area contributed by atoms with Crippen LogP contribution in [0.2, 0.25) is 0 Å². The maximum Gasteiger partial charge on any atom is 0.338 e. The Hall–Kier alpha value is -4.21. The molecule has 10 heteroatoms. The topological polar surface area (TPSA) is 121 Å².